The largest absolute Gasteiger partial charge is 0.462 e. The Morgan fingerprint density at radius 2 is 2.00 bits per heavy atom. The van der Waals surface area contributed by atoms with Crippen LogP contribution in [0.2, 0.25) is 0 Å². The van der Waals surface area contributed by atoms with Gasteiger partial charge in [0.15, 0.2) is 5.65 Å². The van der Waals surface area contributed by atoms with Crippen molar-refractivity contribution in [2.45, 2.75) is 40.7 Å². The molecule has 0 radical (unpaired) electrons. The maximum Gasteiger partial charge on any atom is 0.343 e. The van der Waals surface area contributed by atoms with Gasteiger partial charge in [0, 0.05) is 30.7 Å². The second-order valence-corrected chi connectivity index (χ2v) is 7.59. The van der Waals surface area contributed by atoms with Gasteiger partial charge in [0.25, 0.3) is 0 Å². The molecule has 0 aliphatic heterocycles. The summed E-state index contributed by atoms with van der Waals surface area (Å²) in [5.41, 5.74) is 2.95. The normalized spacial score (nSPS) is 11.6. The number of hydrogen-bond donors (Lipinski definition) is 1. The molecule has 3 rings (SSSR count). The number of rotatable bonds is 6. The van der Waals surface area contributed by atoms with Crippen LogP contribution >= 0.6 is 0 Å². The second-order valence-electron chi connectivity index (χ2n) is 7.59. The van der Waals surface area contributed by atoms with Gasteiger partial charge in [-0.25, -0.2) is 9.78 Å². The molecule has 1 N–H and O–H groups in total. The third kappa shape index (κ3) is 4.61. The van der Waals surface area contributed by atoms with E-state index in [9.17, 15) is 4.79 Å². The number of pyridine rings is 1. The molecule has 3 heterocycles. The molecule has 0 aliphatic rings. The van der Waals surface area contributed by atoms with Crippen molar-refractivity contribution in [1.29, 1.82) is 0 Å². The molecular formula is C20H25N5O2. The Kier molecular flexibility index (Phi) is 5.39. The molecule has 0 atom stereocenters. The fourth-order valence-corrected chi connectivity index (χ4v) is 2.82. The average Bonchev–Trinajstić information content (AvgIpc) is 3.03. The summed E-state index contributed by atoms with van der Waals surface area (Å²) in [4.78, 5) is 21.0. The smallest absolute Gasteiger partial charge is 0.343 e. The van der Waals surface area contributed by atoms with Crippen molar-refractivity contribution in [1.82, 2.24) is 19.6 Å². The van der Waals surface area contributed by atoms with Gasteiger partial charge in [0.1, 0.15) is 11.4 Å². The van der Waals surface area contributed by atoms with E-state index in [0.717, 1.165) is 23.5 Å². The number of esters is 1. The summed E-state index contributed by atoms with van der Waals surface area (Å²) < 4.78 is 6.80. The van der Waals surface area contributed by atoms with Crippen LogP contribution in [0, 0.1) is 5.41 Å². The minimum absolute atomic E-state index is 0.0673. The van der Waals surface area contributed by atoms with E-state index >= 15 is 0 Å². The van der Waals surface area contributed by atoms with Crippen LogP contribution in [0.4, 0.5) is 5.82 Å². The predicted octanol–water partition coefficient (Wildman–Crippen LogP) is 3.50. The highest BCUT2D eigenvalue weighted by atomic mass is 16.5. The van der Waals surface area contributed by atoms with Crippen molar-refractivity contribution in [2.24, 2.45) is 5.41 Å². The summed E-state index contributed by atoms with van der Waals surface area (Å²) >= 11 is 0. The van der Waals surface area contributed by atoms with Crippen LogP contribution in [0.25, 0.3) is 5.65 Å². The fourth-order valence-electron chi connectivity index (χ4n) is 2.82. The Hall–Kier alpha value is -2.96. The van der Waals surface area contributed by atoms with E-state index in [1.54, 1.807) is 23.8 Å². The number of ether oxygens (including phenoxy) is 1. The molecule has 7 nitrogen and oxygen atoms in total. The standard InChI is InChI=1S/C20H25N5O2/c1-5-27-19(26)16-13-23-25-17(22-12-14-6-8-21-9-7-14)10-15(24-18(16)25)11-20(2,3)4/h6-10,13,22H,5,11-12H2,1-4H3. The van der Waals surface area contributed by atoms with E-state index < -0.39 is 5.97 Å². The van der Waals surface area contributed by atoms with Gasteiger partial charge in [-0.3, -0.25) is 4.98 Å². The summed E-state index contributed by atoms with van der Waals surface area (Å²) in [5, 5.41) is 7.75. The van der Waals surface area contributed by atoms with Crippen molar-refractivity contribution in [3.05, 3.63) is 53.6 Å². The minimum atomic E-state index is -0.409. The van der Waals surface area contributed by atoms with Gasteiger partial charge in [-0.1, -0.05) is 20.8 Å². The molecule has 0 bridgehead atoms. The number of carbonyl (C=O) groups excluding carboxylic acids is 1. The fraction of sp³-hybridized carbons (Fsp3) is 0.400. The molecule has 3 aromatic rings. The number of hydrogen-bond acceptors (Lipinski definition) is 6. The van der Waals surface area contributed by atoms with Crippen molar-refractivity contribution in [3.63, 3.8) is 0 Å². The van der Waals surface area contributed by atoms with Crippen molar-refractivity contribution in [2.75, 3.05) is 11.9 Å². The lowest BCUT2D eigenvalue weighted by Crippen LogP contribution is -2.14. The van der Waals surface area contributed by atoms with Crippen LogP contribution in [0.15, 0.2) is 36.8 Å². The number of fused-ring (bicyclic) bond motifs is 1. The van der Waals surface area contributed by atoms with Gasteiger partial charge >= 0.3 is 5.97 Å². The molecule has 0 fully saturated rings. The molecule has 0 saturated heterocycles. The van der Waals surface area contributed by atoms with E-state index in [0.29, 0.717) is 24.4 Å². The van der Waals surface area contributed by atoms with Gasteiger partial charge in [0.05, 0.1) is 12.8 Å². The van der Waals surface area contributed by atoms with Crippen LogP contribution in [0.3, 0.4) is 0 Å². The zero-order chi connectivity index (χ0) is 19.4. The van der Waals surface area contributed by atoms with Gasteiger partial charge in [-0.15, -0.1) is 0 Å². The topological polar surface area (TPSA) is 81.4 Å². The number of anilines is 1. The minimum Gasteiger partial charge on any atom is -0.462 e. The lowest BCUT2D eigenvalue weighted by molar-refractivity contribution is 0.0528. The van der Waals surface area contributed by atoms with E-state index in [1.807, 2.05) is 18.2 Å². The van der Waals surface area contributed by atoms with Crippen LogP contribution < -0.4 is 5.32 Å². The Morgan fingerprint density at radius 1 is 1.26 bits per heavy atom. The van der Waals surface area contributed by atoms with Crippen LogP contribution in [-0.2, 0) is 17.7 Å². The number of carbonyl (C=O) groups is 1. The Morgan fingerprint density at radius 3 is 2.67 bits per heavy atom. The molecule has 3 aromatic heterocycles. The highest BCUT2D eigenvalue weighted by Gasteiger charge is 2.20. The van der Waals surface area contributed by atoms with E-state index in [4.69, 9.17) is 4.74 Å². The molecule has 27 heavy (non-hydrogen) atoms. The third-order valence-electron chi connectivity index (χ3n) is 3.95. The average molecular weight is 367 g/mol. The zero-order valence-electron chi connectivity index (χ0n) is 16.2. The Balaban J connectivity index is 2.00. The maximum absolute atomic E-state index is 12.3. The summed E-state index contributed by atoms with van der Waals surface area (Å²) in [6.07, 6.45) is 5.81. The lowest BCUT2D eigenvalue weighted by Gasteiger charge is -2.18. The molecule has 0 spiro atoms. The predicted molar refractivity (Wildman–Crippen MR) is 104 cm³/mol. The maximum atomic E-state index is 12.3. The number of nitrogens with zero attached hydrogens (tertiary/aromatic N) is 4. The van der Waals surface area contributed by atoms with Gasteiger partial charge < -0.3 is 10.1 Å². The molecule has 0 unspecified atom stereocenters. The summed E-state index contributed by atoms with van der Waals surface area (Å²) in [6.45, 7) is 9.18. The molecule has 0 aliphatic carbocycles. The van der Waals surface area contributed by atoms with E-state index in [-0.39, 0.29) is 5.41 Å². The zero-order valence-corrected chi connectivity index (χ0v) is 16.2. The van der Waals surface area contributed by atoms with Crippen molar-refractivity contribution >= 4 is 17.4 Å². The summed E-state index contributed by atoms with van der Waals surface area (Å²) in [6, 6.07) is 5.89. The monoisotopic (exact) mass is 367 g/mol. The highest BCUT2D eigenvalue weighted by Crippen LogP contribution is 2.24. The first-order valence-corrected chi connectivity index (χ1v) is 9.05. The Bertz CT molecular complexity index is 929. The first kappa shape index (κ1) is 18.8. The molecule has 0 aromatic carbocycles. The van der Waals surface area contributed by atoms with Crippen LogP contribution in [0.1, 0.15) is 49.3 Å². The van der Waals surface area contributed by atoms with Gasteiger partial charge in [0.2, 0.25) is 0 Å². The SMILES string of the molecule is CCOC(=O)c1cnn2c(NCc3ccncc3)cc(CC(C)(C)C)nc12. The highest BCUT2D eigenvalue weighted by molar-refractivity contribution is 5.95. The summed E-state index contributed by atoms with van der Waals surface area (Å²) in [5.74, 6) is 0.375. The number of nitrogens with one attached hydrogen (secondary N) is 1. The van der Waals surface area contributed by atoms with Gasteiger partial charge in [-0.05, 0) is 36.5 Å². The Labute approximate surface area is 158 Å². The molecule has 0 amide bonds. The third-order valence-corrected chi connectivity index (χ3v) is 3.95. The van der Waals surface area contributed by atoms with Crippen molar-refractivity contribution < 1.29 is 9.53 Å². The molecular weight excluding hydrogens is 342 g/mol. The second kappa shape index (κ2) is 7.73. The molecule has 0 saturated carbocycles. The van der Waals surface area contributed by atoms with E-state index in [1.165, 1.54) is 6.20 Å². The molecule has 7 heteroatoms. The van der Waals surface area contributed by atoms with Crippen LogP contribution in [-0.4, -0.2) is 32.2 Å². The van der Waals surface area contributed by atoms with Gasteiger partial charge in [-0.2, -0.15) is 9.61 Å². The quantitative estimate of drug-likeness (QED) is 0.672. The lowest BCUT2D eigenvalue weighted by atomic mass is 9.90. The van der Waals surface area contributed by atoms with Crippen LogP contribution in [0.5, 0.6) is 0 Å². The number of aromatic nitrogens is 4. The van der Waals surface area contributed by atoms with Crippen molar-refractivity contribution in [3.8, 4) is 0 Å². The molecule has 142 valence electrons. The van der Waals surface area contributed by atoms with E-state index in [2.05, 4.69) is 41.2 Å². The first-order chi connectivity index (χ1) is 12.9. The summed E-state index contributed by atoms with van der Waals surface area (Å²) in [7, 11) is 0. The first-order valence-electron chi connectivity index (χ1n) is 9.05.